The maximum atomic E-state index is 11.0. The third kappa shape index (κ3) is 1.73. The van der Waals surface area contributed by atoms with Gasteiger partial charge >= 0.3 is 6.09 Å². The molecule has 0 bridgehead atoms. The summed E-state index contributed by atoms with van der Waals surface area (Å²) < 4.78 is 4.53. The van der Waals surface area contributed by atoms with Crippen molar-refractivity contribution in [3.8, 4) is 0 Å². The topological polar surface area (TPSA) is 42.4 Å². The molecule has 12 heavy (non-hydrogen) atoms. The van der Waals surface area contributed by atoms with Crippen LogP contribution in [0.3, 0.4) is 0 Å². The minimum absolute atomic E-state index is 0.399. The predicted molar refractivity (Wildman–Crippen MR) is 47.7 cm³/mol. The average molecular weight is 186 g/mol. The number of carbonyl (C=O) groups excluding carboxylic acids is 1. The smallest absolute Gasteiger partial charge is 0.415 e. The number of anilines is 1. The molecule has 66 valence electrons. The Morgan fingerprint density at radius 3 is 2.83 bits per heavy atom. The van der Waals surface area contributed by atoms with E-state index >= 15 is 0 Å². The fourth-order valence-electron chi connectivity index (χ4n) is 0.711. The van der Waals surface area contributed by atoms with Gasteiger partial charge in [-0.1, -0.05) is 0 Å². The van der Waals surface area contributed by atoms with Gasteiger partial charge in [-0.25, -0.2) is 9.78 Å². The second kappa shape index (κ2) is 3.53. The molecule has 0 aliphatic carbocycles. The second-order valence-electron chi connectivity index (χ2n) is 2.30. The van der Waals surface area contributed by atoms with Crippen LogP contribution in [0.25, 0.3) is 0 Å². The van der Waals surface area contributed by atoms with E-state index in [-0.39, 0.29) is 0 Å². The number of carbonyl (C=O) groups is 1. The van der Waals surface area contributed by atoms with Crippen molar-refractivity contribution in [3.05, 3.63) is 11.1 Å². The molecule has 0 N–H and O–H groups in total. The van der Waals surface area contributed by atoms with Gasteiger partial charge in [0.05, 0.1) is 12.8 Å². The van der Waals surface area contributed by atoms with Crippen LogP contribution in [0.15, 0.2) is 5.38 Å². The lowest BCUT2D eigenvalue weighted by Crippen LogP contribution is -2.25. The summed E-state index contributed by atoms with van der Waals surface area (Å²) in [6.45, 7) is 1.88. The predicted octanol–water partition coefficient (Wildman–Crippen LogP) is 1.65. The Morgan fingerprint density at radius 1 is 1.75 bits per heavy atom. The maximum Gasteiger partial charge on any atom is 0.415 e. The van der Waals surface area contributed by atoms with Crippen LogP contribution in [0.4, 0.5) is 9.93 Å². The van der Waals surface area contributed by atoms with Gasteiger partial charge in [0.2, 0.25) is 0 Å². The van der Waals surface area contributed by atoms with Gasteiger partial charge in [-0.2, -0.15) is 0 Å². The van der Waals surface area contributed by atoms with Crippen molar-refractivity contribution in [1.29, 1.82) is 0 Å². The first-order valence-corrected chi connectivity index (χ1v) is 4.27. The van der Waals surface area contributed by atoms with Gasteiger partial charge in [0, 0.05) is 12.4 Å². The van der Waals surface area contributed by atoms with E-state index in [0.29, 0.717) is 5.13 Å². The van der Waals surface area contributed by atoms with Gasteiger partial charge in [0.15, 0.2) is 5.13 Å². The molecular formula is C7H10N2O2S. The molecule has 0 unspecified atom stereocenters. The Morgan fingerprint density at radius 2 is 2.42 bits per heavy atom. The molecule has 0 aliphatic rings. The van der Waals surface area contributed by atoms with Crippen LogP contribution in [0.2, 0.25) is 0 Å². The first-order chi connectivity index (χ1) is 5.65. The number of amides is 1. The Balaban J connectivity index is 2.77. The Labute approximate surface area is 74.8 Å². The fraction of sp³-hybridized carbons (Fsp3) is 0.429. The Hall–Kier alpha value is -1.10. The molecule has 1 heterocycles. The fourth-order valence-corrected chi connectivity index (χ4v) is 1.47. The van der Waals surface area contributed by atoms with Crippen LogP contribution in [-0.2, 0) is 4.74 Å². The summed E-state index contributed by atoms with van der Waals surface area (Å²) in [5.41, 5.74) is 0.908. The van der Waals surface area contributed by atoms with E-state index in [9.17, 15) is 4.79 Å². The van der Waals surface area contributed by atoms with Crippen LogP contribution in [0.5, 0.6) is 0 Å². The number of thiazole rings is 1. The summed E-state index contributed by atoms with van der Waals surface area (Å²) in [5, 5.41) is 2.54. The van der Waals surface area contributed by atoms with Crippen molar-refractivity contribution in [3.63, 3.8) is 0 Å². The summed E-state index contributed by atoms with van der Waals surface area (Å²) >= 11 is 1.42. The largest absolute Gasteiger partial charge is 0.452 e. The summed E-state index contributed by atoms with van der Waals surface area (Å²) in [5.74, 6) is 0. The highest BCUT2D eigenvalue weighted by molar-refractivity contribution is 7.13. The Bertz CT molecular complexity index is 285. The van der Waals surface area contributed by atoms with Gasteiger partial charge in [-0.15, -0.1) is 11.3 Å². The third-order valence-electron chi connectivity index (χ3n) is 1.34. The first kappa shape index (κ1) is 8.99. The molecule has 5 heteroatoms. The van der Waals surface area contributed by atoms with E-state index in [1.54, 1.807) is 7.05 Å². The quantitative estimate of drug-likeness (QED) is 0.669. The van der Waals surface area contributed by atoms with Gasteiger partial charge in [-0.05, 0) is 6.92 Å². The van der Waals surface area contributed by atoms with Crippen LogP contribution in [0.1, 0.15) is 5.69 Å². The number of aryl methyl sites for hydroxylation is 1. The molecule has 1 aromatic heterocycles. The first-order valence-electron chi connectivity index (χ1n) is 3.39. The molecule has 0 saturated carbocycles. The van der Waals surface area contributed by atoms with E-state index in [1.807, 2.05) is 12.3 Å². The number of ether oxygens (including phenoxy) is 1. The lowest BCUT2D eigenvalue weighted by molar-refractivity contribution is 0.180. The van der Waals surface area contributed by atoms with Gasteiger partial charge in [0.25, 0.3) is 0 Å². The van der Waals surface area contributed by atoms with E-state index in [1.165, 1.54) is 23.3 Å². The highest BCUT2D eigenvalue weighted by atomic mass is 32.1. The van der Waals surface area contributed by atoms with E-state index < -0.39 is 6.09 Å². The van der Waals surface area contributed by atoms with Gasteiger partial charge in [-0.3, -0.25) is 4.90 Å². The van der Waals surface area contributed by atoms with Gasteiger partial charge in [0.1, 0.15) is 0 Å². The molecule has 0 radical (unpaired) electrons. The van der Waals surface area contributed by atoms with E-state index in [4.69, 9.17) is 0 Å². The second-order valence-corrected chi connectivity index (χ2v) is 3.14. The molecule has 0 saturated heterocycles. The van der Waals surface area contributed by atoms with Crippen molar-refractivity contribution >= 4 is 22.6 Å². The maximum absolute atomic E-state index is 11.0. The van der Waals surface area contributed by atoms with Crippen LogP contribution in [-0.4, -0.2) is 25.2 Å². The SMILES string of the molecule is COC(=O)N(C)c1nc(C)cs1. The lowest BCUT2D eigenvalue weighted by Gasteiger charge is -2.10. The van der Waals surface area contributed by atoms with E-state index in [0.717, 1.165) is 5.69 Å². The molecule has 1 amide bonds. The van der Waals surface area contributed by atoms with Crippen LogP contribution < -0.4 is 4.90 Å². The molecule has 0 atom stereocenters. The number of rotatable bonds is 1. The molecule has 0 spiro atoms. The highest BCUT2D eigenvalue weighted by Crippen LogP contribution is 2.18. The summed E-state index contributed by atoms with van der Waals surface area (Å²) in [4.78, 5) is 16.5. The molecule has 1 aromatic rings. The summed E-state index contributed by atoms with van der Waals surface area (Å²) in [6, 6.07) is 0. The molecular weight excluding hydrogens is 176 g/mol. The number of nitrogens with zero attached hydrogens (tertiary/aromatic N) is 2. The normalized spacial score (nSPS) is 9.58. The molecule has 0 aromatic carbocycles. The van der Waals surface area contributed by atoms with Crippen molar-refractivity contribution in [1.82, 2.24) is 4.98 Å². The van der Waals surface area contributed by atoms with Crippen molar-refractivity contribution < 1.29 is 9.53 Å². The van der Waals surface area contributed by atoms with Gasteiger partial charge < -0.3 is 4.74 Å². The molecule has 4 nitrogen and oxygen atoms in total. The third-order valence-corrected chi connectivity index (χ3v) is 2.38. The number of methoxy groups -OCH3 is 1. The highest BCUT2D eigenvalue weighted by Gasteiger charge is 2.12. The molecule has 1 rings (SSSR count). The van der Waals surface area contributed by atoms with Crippen LogP contribution >= 0.6 is 11.3 Å². The summed E-state index contributed by atoms with van der Waals surface area (Å²) in [6.07, 6.45) is -0.399. The zero-order valence-corrected chi connectivity index (χ0v) is 8.01. The minimum atomic E-state index is -0.399. The number of aromatic nitrogens is 1. The number of hydrogen-bond donors (Lipinski definition) is 0. The van der Waals surface area contributed by atoms with Crippen molar-refractivity contribution in [2.24, 2.45) is 0 Å². The lowest BCUT2D eigenvalue weighted by atomic mass is 10.6. The summed E-state index contributed by atoms with van der Waals surface area (Å²) in [7, 11) is 2.98. The average Bonchev–Trinajstić information content (AvgIpc) is 2.49. The van der Waals surface area contributed by atoms with Crippen molar-refractivity contribution in [2.75, 3.05) is 19.1 Å². The van der Waals surface area contributed by atoms with E-state index in [2.05, 4.69) is 9.72 Å². The Kier molecular flexibility index (Phi) is 2.65. The molecule has 0 aliphatic heterocycles. The van der Waals surface area contributed by atoms with Crippen LogP contribution in [0, 0.1) is 6.92 Å². The van der Waals surface area contributed by atoms with Crippen molar-refractivity contribution in [2.45, 2.75) is 6.92 Å². The monoisotopic (exact) mass is 186 g/mol. The standard InChI is InChI=1S/C7H10N2O2S/c1-5-4-12-6(8-5)9(2)7(10)11-3/h4H,1-3H3. The number of hydrogen-bond acceptors (Lipinski definition) is 4. The zero-order valence-electron chi connectivity index (χ0n) is 7.20. The molecule has 0 fully saturated rings. The zero-order chi connectivity index (χ0) is 9.14. The minimum Gasteiger partial charge on any atom is -0.452 e.